The molecule has 2 aromatic heterocycles. The van der Waals surface area contributed by atoms with Crippen molar-refractivity contribution in [3.63, 3.8) is 0 Å². The van der Waals surface area contributed by atoms with Crippen molar-refractivity contribution in [2.45, 2.75) is 32.9 Å². The maximum absolute atomic E-state index is 13.9. The minimum Gasteiger partial charge on any atom is -0.319 e. The highest BCUT2D eigenvalue weighted by Crippen LogP contribution is 2.20. The summed E-state index contributed by atoms with van der Waals surface area (Å²) in [7, 11) is 0. The van der Waals surface area contributed by atoms with Crippen LogP contribution in [0.1, 0.15) is 23.6 Å². The Kier molecular flexibility index (Phi) is 4.50. The molecule has 3 heterocycles. The Morgan fingerprint density at radius 2 is 2.23 bits per heavy atom. The van der Waals surface area contributed by atoms with Gasteiger partial charge in [0.25, 0.3) is 5.91 Å². The number of carbonyl (C=O) groups is 1. The molecule has 0 N–H and O–H groups in total. The number of nitrogens with zero attached hydrogens (tertiary/aromatic N) is 5. The fourth-order valence-electron chi connectivity index (χ4n) is 3.17. The number of rotatable bonds is 3. The van der Waals surface area contributed by atoms with Gasteiger partial charge in [0.2, 0.25) is 0 Å². The molecular weight excluding hydrogens is 353 g/mol. The van der Waals surface area contributed by atoms with Gasteiger partial charge in [-0.1, -0.05) is 18.2 Å². The summed E-state index contributed by atoms with van der Waals surface area (Å²) in [6, 6.07) is 6.64. The molecule has 4 rings (SSSR count). The van der Waals surface area contributed by atoms with Crippen molar-refractivity contribution in [2.24, 2.45) is 10.9 Å². The van der Waals surface area contributed by atoms with Crippen molar-refractivity contribution in [3.8, 4) is 0 Å². The van der Waals surface area contributed by atoms with Crippen LogP contribution in [0, 0.1) is 18.7 Å². The van der Waals surface area contributed by atoms with Gasteiger partial charge in [-0.15, -0.1) is 21.5 Å². The lowest BCUT2D eigenvalue weighted by molar-refractivity contribution is -0.122. The summed E-state index contributed by atoms with van der Waals surface area (Å²) in [5.41, 5.74) is 0.572. The first-order valence-corrected chi connectivity index (χ1v) is 9.34. The molecule has 0 saturated heterocycles. The first-order valence-electron chi connectivity index (χ1n) is 8.46. The Labute approximate surface area is 153 Å². The highest BCUT2D eigenvalue weighted by Gasteiger charge is 2.26. The van der Waals surface area contributed by atoms with E-state index < -0.39 is 0 Å². The Balaban J connectivity index is 1.56. The molecule has 0 spiro atoms. The topological polar surface area (TPSA) is 65.1 Å². The second-order valence-electron chi connectivity index (χ2n) is 6.36. The molecule has 0 bridgehead atoms. The van der Waals surface area contributed by atoms with Gasteiger partial charge < -0.3 is 9.13 Å². The van der Waals surface area contributed by atoms with E-state index in [0.29, 0.717) is 23.5 Å². The number of fused-ring (bicyclic) bond motifs is 1. The van der Waals surface area contributed by atoms with Crippen LogP contribution >= 0.6 is 11.3 Å². The Bertz CT molecular complexity index is 1020. The predicted octanol–water partition coefficient (Wildman–Crippen LogP) is 2.33. The first-order chi connectivity index (χ1) is 12.6. The van der Waals surface area contributed by atoms with Gasteiger partial charge in [0.1, 0.15) is 17.5 Å². The minimum atomic E-state index is -0.258. The molecule has 0 radical (unpaired) electrons. The van der Waals surface area contributed by atoms with E-state index in [0.717, 1.165) is 24.5 Å². The number of amides is 1. The average Bonchev–Trinajstić information content (AvgIpc) is 3.23. The molecular formula is C18H18FN5OS. The highest BCUT2D eigenvalue weighted by atomic mass is 32.1. The molecule has 1 aromatic carbocycles. The number of benzene rings is 1. The number of aromatic nitrogens is 4. The minimum absolute atomic E-state index is 0.145. The van der Waals surface area contributed by atoms with Crippen LogP contribution in [0.2, 0.25) is 0 Å². The molecule has 1 atom stereocenters. The second-order valence-corrected chi connectivity index (χ2v) is 7.24. The monoisotopic (exact) mass is 371 g/mol. The quantitative estimate of drug-likeness (QED) is 0.710. The van der Waals surface area contributed by atoms with Crippen LogP contribution in [0.5, 0.6) is 0 Å². The van der Waals surface area contributed by atoms with E-state index >= 15 is 0 Å². The average molecular weight is 371 g/mol. The Morgan fingerprint density at radius 1 is 1.38 bits per heavy atom. The molecule has 1 aliphatic heterocycles. The first kappa shape index (κ1) is 16.8. The lowest BCUT2D eigenvalue weighted by Gasteiger charge is -2.21. The Morgan fingerprint density at radius 3 is 3.08 bits per heavy atom. The molecule has 0 fully saturated rings. The third-order valence-corrected chi connectivity index (χ3v) is 5.44. The molecule has 1 aliphatic rings. The summed E-state index contributed by atoms with van der Waals surface area (Å²) in [6.07, 6.45) is 3.28. The van der Waals surface area contributed by atoms with Crippen LogP contribution in [0.15, 0.2) is 40.8 Å². The van der Waals surface area contributed by atoms with Gasteiger partial charge in [-0.3, -0.25) is 4.79 Å². The lowest BCUT2D eigenvalue weighted by Crippen LogP contribution is -2.28. The van der Waals surface area contributed by atoms with Gasteiger partial charge in [0.15, 0.2) is 4.80 Å². The SMILES string of the molecule is Cc1nnc2n1CC(C(=O)N=c1sccn1Cc1ccccc1F)CC2. The third-order valence-electron chi connectivity index (χ3n) is 4.65. The van der Waals surface area contributed by atoms with Crippen LogP contribution in [0.3, 0.4) is 0 Å². The smallest absolute Gasteiger partial charge is 0.253 e. The van der Waals surface area contributed by atoms with Gasteiger partial charge in [-0.05, 0) is 19.4 Å². The van der Waals surface area contributed by atoms with E-state index in [2.05, 4.69) is 15.2 Å². The van der Waals surface area contributed by atoms with Crippen LogP contribution in [-0.2, 0) is 24.3 Å². The number of thiazole rings is 1. The Hall–Kier alpha value is -2.61. The number of hydrogen-bond acceptors (Lipinski definition) is 4. The maximum Gasteiger partial charge on any atom is 0.253 e. The van der Waals surface area contributed by atoms with Crippen molar-refractivity contribution >= 4 is 17.2 Å². The zero-order valence-electron chi connectivity index (χ0n) is 14.3. The fourth-order valence-corrected chi connectivity index (χ4v) is 3.90. The molecule has 1 amide bonds. The molecule has 8 heteroatoms. The molecule has 134 valence electrons. The molecule has 1 unspecified atom stereocenters. The summed E-state index contributed by atoms with van der Waals surface area (Å²) < 4.78 is 17.7. The summed E-state index contributed by atoms with van der Waals surface area (Å²) >= 11 is 1.38. The van der Waals surface area contributed by atoms with Crippen LogP contribution < -0.4 is 4.80 Å². The van der Waals surface area contributed by atoms with Crippen molar-refractivity contribution < 1.29 is 9.18 Å². The van der Waals surface area contributed by atoms with Gasteiger partial charge in [-0.2, -0.15) is 4.99 Å². The highest BCUT2D eigenvalue weighted by molar-refractivity contribution is 7.07. The summed E-state index contributed by atoms with van der Waals surface area (Å²) in [5.74, 6) is 1.17. The molecule has 6 nitrogen and oxygen atoms in total. The van der Waals surface area contributed by atoms with E-state index in [1.807, 2.05) is 23.1 Å². The van der Waals surface area contributed by atoms with Gasteiger partial charge in [0, 0.05) is 30.1 Å². The van der Waals surface area contributed by atoms with Crippen LogP contribution in [0.25, 0.3) is 0 Å². The van der Waals surface area contributed by atoms with Crippen molar-refractivity contribution in [1.82, 2.24) is 19.3 Å². The predicted molar refractivity (Wildman–Crippen MR) is 95.0 cm³/mol. The van der Waals surface area contributed by atoms with Gasteiger partial charge >= 0.3 is 0 Å². The van der Waals surface area contributed by atoms with E-state index in [1.165, 1.54) is 17.4 Å². The van der Waals surface area contributed by atoms with E-state index in [1.54, 1.807) is 22.8 Å². The number of hydrogen-bond donors (Lipinski definition) is 0. The van der Waals surface area contributed by atoms with Crippen molar-refractivity contribution in [2.75, 3.05) is 0 Å². The zero-order chi connectivity index (χ0) is 18.1. The second kappa shape index (κ2) is 6.95. The largest absolute Gasteiger partial charge is 0.319 e. The zero-order valence-corrected chi connectivity index (χ0v) is 15.1. The summed E-state index contributed by atoms with van der Waals surface area (Å²) in [4.78, 5) is 17.6. The van der Waals surface area contributed by atoms with E-state index in [4.69, 9.17) is 0 Å². The normalized spacial score (nSPS) is 17.3. The van der Waals surface area contributed by atoms with E-state index in [9.17, 15) is 9.18 Å². The number of aryl methyl sites for hydroxylation is 2. The maximum atomic E-state index is 13.9. The lowest BCUT2D eigenvalue weighted by atomic mass is 9.99. The van der Waals surface area contributed by atoms with E-state index in [-0.39, 0.29) is 17.6 Å². The molecule has 3 aromatic rings. The van der Waals surface area contributed by atoms with Crippen LogP contribution in [0.4, 0.5) is 4.39 Å². The third kappa shape index (κ3) is 3.24. The standard InChI is InChI=1S/C18H18FN5OS/c1-12-21-22-16-7-6-14(11-24(12)16)17(25)20-18-23(8-9-26-18)10-13-4-2-3-5-15(13)19/h2-5,8-9,14H,6-7,10-11H2,1H3. The van der Waals surface area contributed by atoms with Crippen LogP contribution in [-0.4, -0.2) is 25.2 Å². The van der Waals surface area contributed by atoms with Crippen molar-refractivity contribution in [3.05, 3.63) is 63.7 Å². The molecule has 0 saturated carbocycles. The van der Waals surface area contributed by atoms with Crippen molar-refractivity contribution in [1.29, 1.82) is 0 Å². The van der Waals surface area contributed by atoms with Gasteiger partial charge in [0.05, 0.1) is 12.5 Å². The fraction of sp³-hybridized carbons (Fsp3) is 0.333. The number of carbonyl (C=O) groups excluding carboxylic acids is 1. The van der Waals surface area contributed by atoms with Gasteiger partial charge in [-0.25, -0.2) is 4.39 Å². The summed E-state index contributed by atoms with van der Waals surface area (Å²) in [6.45, 7) is 2.80. The summed E-state index contributed by atoms with van der Waals surface area (Å²) in [5, 5.41) is 10.1. The number of halogens is 1. The molecule has 26 heavy (non-hydrogen) atoms. The molecule has 0 aliphatic carbocycles.